The second-order valence-electron chi connectivity index (χ2n) is 6.30. The average Bonchev–Trinajstić information content (AvgIpc) is 2.63. The number of piperidine rings is 1. The highest BCUT2D eigenvalue weighted by Gasteiger charge is 2.33. The first kappa shape index (κ1) is 16.2. The van der Waals surface area contributed by atoms with Gasteiger partial charge in [-0.25, -0.2) is 4.98 Å². The number of nitrogens with zero attached hydrogens (tertiary/aromatic N) is 5. The Bertz CT molecular complexity index is 676. The molecular formula is C17H21N5O2. The summed E-state index contributed by atoms with van der Waals surface area (Å²) in [5.74, 6) is 0.620. The van der Waals surface area contributed by atoms with Crippen LogP contribution in [0, 0.1) is 17.2 Å². The number of nitriles is 1. The average molecular weight is 327 g/mol. The number of carbonyl (C=O) groups excluding carboxylic acids is 2. The minimum Gasteiger partial charge on any atom is -0.352 e. The van der Waals surface area contributed by atoms with Crippen molar-refractivity contribution in [2.75, 3.05) is 44.7 Å². The summed E-state index contributed by atoms with van der Waals surface area (Å²) in [6.45, 7) is 3.15. The summed E-state index contributed by atoms with van der Waals surface area (Å²) < 4.78 is 0. The van der Waals surface area contributed by atoms with E-state index in [1.165, 1.54) is 0 Å². The first-order valence-corrected chi connectivity index (χ1v) is 8.23. The molecule has 0 aliphatic carbocycles. The molecule has 2 aliphatic rings. The molecule has 3 rings (SSSR count). The fourth-order valence-electron chi connectivity index (χ4n) is 3.29. The van der Waals surface area contributed by atoms with Gasteiger partial charge in [-0.1, -0.05) is 0 Å². The van der Waals surface area contributed by atoms with Crippen LogP contribution in [0.3, 0.4) is 0 Å². The maximum Gasteiger partial charge on any atom is 0.226 e. The smallest absolute Gasteiger partial charge is 0.226 e. The molecule has 0 bridgehead atoms. The summed E-state index contributed by atoms with van der Waals surface area (Å²) >= 11 is 0. The number of likely N-dealkylation sites (tertiary alicyclic amines) is 1. The van der Waals surface area contributed by atoms with Crippen LogP contribution in [0.15, 0.2) is 18.3 Å². The zero-order valence-electron chi connectivity index (χ0n) is 13.8. The first-order valence-electron chi connectivity index (χ1n) is 8.23. The zero-order chi connectivity index (χ0) is 17.1. The molecule has 0 unspecified atom stereocenters. The van der Waals surface area contributed by atoms with Gasteiger partial charge in [0.15, 0.2) is 0 Å². The minimum atomic E-state index is -0.190. The van der Waals surface area contributed by atoms with Crippen molar-refractivity contribution in [3.05, 3.63) is 23.9 Å². The Balaban J connectivity index is 1.60. The highest BCUT2D eigenvalue weighted by molar-refractivity contribution is 5.87. The standard InChI is InChI=1S/C17H21N5O2/c1-20-6-4-13(11-15(20)23)17(24)22-9-7-21(8-10-22)16-14(12-18)3-2-5-19-16/h2-3,5,13H,4,6-11H2,1H3/t13-/m0/s1. The number of carbonyl (C=O) groups is 2. The lowest BCUT2D eigenvalue weighted by molar-refractivity contribution is -0.144. The molecule has 1 aromatic rings. The molecule has 0 aromatic carbocycles. The Morgan fingerprint density at radius 1 is 1.29 bits per heavy atom. The fourth-order valence-corrected chi connectivity index (χ4v) is 3.29. The highest BCUT2D eigenvalue weighted by Crippen LogP contribution is 2.22. The van der Waals surface area contributed by atoms with Crippen LogP contribution in [-0.4, -0.2) is 66.4 Å². The Morgan fingerprint density at radius 3 is 2.71 bits per heavy atom. The summed E-state index contributed by atoms with van der Waals surface area (Å²) in [6.07, 6.45) is 2.73. The number of anilines is 1. The predicted molar refractivity (Wildman–Crippen MR) is 88.1 cm³/mol. The molecule has 1 atom stereocenters. The maximum absolute atomic E-state index is 12.6. The Labute approximate surface area is 141 Å². The summed E-state index contributed by atoms with van der Waals surface area (Å²) in [6, 6.07) is 5.66. The Morgan fingerprint density at radius 2 is 2.04 bits per heavy atom. The van der Waals surface area contributed by atoms with Crippen molar-refractivity contribution < 1.29 is 9.59 Å². The molecule has 24 heavy (non-hydrogen) atoms. The van der Waals surface area contributed by atoms with Gasteiger partial charge in [-0.3, -0.25) is 9.59 Å². The van der Waals surface area contributed by atoms with Crippen LogP contribution < -0.4 is 4.90 Å². The van der Waals surface area contributed by atoms with Gasteiger partial charge >= 0.3 is 0 Å². The molecule has 126 valence electrons. The monoisotopic (exact) mass is 327 g/mol. The fraction of sp³-hybridized carbons (Fsp3) is 0.529. The Hall–Kier alpha value is -2.62. The molecular weight excluding hydrogens is 306 g/mol. The normalized spacial score (nSPS) is 21.6. The minimum absolute atomic E-state index is 0.0467. The number of piperazine rings is 1. The molecule has 1 aromatic heterocycles. The van der Waals surface area contributed by atoms with Crippen molar-refractivity contribution >= 4 is 17.6 Å². The van der Waals surface area contributed by atoms with Crippen LogP contribution in [0.5, 0.6) is 0 Å². The molecule has 0 spiro atoms. The molecule has 7 heteroatoms. The van der Waals surface area contributed by atoms with Gasteiger partial charge in [0.25, 0.3) is 0 Å². The van der Waals surface area contributed by atoms with E-state index in [9.17, 15) is 14.9 Å². The van der Waals surface area contributed by atoms with Crippen molar-refractivity contribution in [1.82, 2.24) is 14.8 Å². The molecule has 2 fully saturated rings. The topological polar surface area (TPSA) is 80.5 Å². The number of amides is 2. The highest BCUT2D eigenvalue weighted by atomic mass is 16.2. The maximum atomic E-state index is 12.6. The van der Waals surface area contributed by atoms with Crippen LogP contribution in [0.25, 0.3) is 0 Å². The number of hydrogen-bond donors (Lipinski definition) is 0. The lowest BCUT2D eigenvalue weighted by Crippen LogP contribution is -2.52. The van der Waals surface area contributed by atoms with E-state index in [1.54, 1.807) is 30.3 Å². The van der Waals surface area contributed by atoms with Crippen LogP contribution >= 0.6 is 0 Å². The van der Waals surface area contributed by atoms with E-state index >= 15 is 0 Å². The van der Waals surface area contributed by atoms with E-state index in [0.717, 1.165) is 6.42 Å². The third-order valence-corrected chi connectivity index (χ3v) is 4.81. The van der Waals surface area contributed by atoms with E-state index in [1.807, 2.05) is 9.80 Å². The van der Waals surface area contributed by atoms with Crippen molar-refractivity contribution in [3.8, 4) is 6.07 Å². The molecule has 0 radical (unpaired) electrons. The number of pyridine rings is 1. The van der Waals surface area contributed by atoms with Gasteiger partial charge in [0.05, 0.1) is 5.56 Å². The van der Waals surface area contributed by atoms with Gasteiger partial charge in [-0.05, 0) is 18.6 Å². The van der Waals surface area contributed by atoms with Crippen molar-refractivity contribution in [2.45, 2.75) is 12.8 Å². The molecule has 0 N–H and O–H groups in total. The van der Waals surface area contributed by atoms with Gasteiger partial charge in [0.1, 0.15) is 11.9 Å². The van der Waals surface area contributed by atoms with Gasteiger partial charge in [0.2, 0.25) is 11.8 Å². The zero-order valence-corrected chi connectivity index (χ0v) is 13.8. The second kappa shape index (κ2) is 6.87. The number of aromatic nitrogens is 1. The van der Waals surface area contributed by atoms with E-state index in [0.29, 0.717) is 50.5 Å². The lowest BCUT2D eigenvalue weighted by atomic mass is 9.94. The van der Waals surface area contributed by atoms with Crippen LogP contribution in [-0.2, 0) is 9.59 Å². The van der Waals surface area contributed by atoms with Crippen molar-refractivity contribution in [2.24, 2.45) is 5.92 Å². The van der Waals surface area contributed by atoms with Crippen LogP contribution in [0.2, 0.25) is 0 Å². The van der Waals surface area contributed by atoms with Gasteiger partial charge < -0.3 is 14.7 Å². The summed E-state index contributed by atoms with van der Waals surface area (Å²) in [4.78, 5) is 34.3. The van der Waals surface area contributed by atoms with E-state index in [-0.39, 0.29) is 17.7 Å². The molecule has 7 nitrogen and oxygen atoms in total. The second-order valence-corrected chi connectivity index (χ2v) is 6.30. The predicted octanol–water partition coefficient (Wildman–Crippen LogP) is 0.470. The van der Waals surface area contributed by atoms with Gasteiger partial charge in [-0.15, -0.1) is 0 Å². The molecule has 3 heterocycles. The number of hydrogen-bond acceptors (Lipinski definition) is 5. The largest absolute Gasteiger partial charge is 0.352 e. The summed E-state index contributed by atoms with van der Waals surface area (Å²) in [5, 5.41) is 9.19. The molecule has 2 aliphatic heterocycles. The quantitative estimate of drug-likeness (QED) is 0.789. The van der Waals surface area contributed by atoms with Gasteiger partial charge in [-0.2, -0.15) is 5.26 Å². The SMILES string of the molecule is CN1CC[C@H](C(=O)N2CCN(c3ncccc3C#N)CC2)CC1=O. The van der Waals surface area contributed by atoms with E-state index < -0.39 is 0 Å². The summed E-state index contributed by atoms with van der Waals surface area (Å²) in [5.41, 5.74) is 0.554. The third kappa shape index (κ3) is 3.18. The third-order valence-electron chi connectivity index (χ3n) is 4.81. The molecule has 0 saturated carbocycles. The van der Waals surface area contributed by atoms with E-state index in [2.05, 4.69) is 11.1 Å². The first-order chi connectivity index (χ1) is 11.6. The summed E-state index contributed by atoms with van der Waals surface area (Å²) in [7, 11) is 1.78. The van der Waals surface area contributed by atoms with Crippen LogP contribution in [0.4, 0.5) is 5.82 Å². The van der Waals surface area contributed by atoms with Gasteiger partial charge in [0, 0.05) is 58.3 Å². The lowest BCUT2D eigenvalue weighted by Gasteiger charge is -2.38. The van der Waals surface area contributed by atoms with Crippen molar-refractivity contribution in [1.29, 1.82) is 5.26 Å². The van der Waals surface area contributed by atoms with E-state index in [4.69, 9.17) is 0 Å². The molecule has 2 amide bonds. The Kier molecular flexibility index (Phi) is 4.65. The van der Waals surface area contributed by atoms with Crippen molar-refractivity contribution in [3.63, 3.8) is 0 Å². The number of rotatable bonds is 2. The molecule has 2 saturated heterocycles. The van der Waals surface area contributed by atoms with Crippen LogP contribution in [0.1, 0.15) is 18.4 Å².